The first-order chi connectivity index (χ1) is 15.8. The third-order valence-corrected chi connectivity index (χ3v) is 5.39. The number of aliphatic imine (C=N–C) groups is 1. The van der Waals surface area contributed by atoms with Gasteiger partial charge < -0.3 is 43.6 Å². The normalized spacial score (nSPS) is 18.0. The number of likely N-dealkylation sites (tertiary alicyclic amines) is 1. The molecular weight excluding hydrogens is 448 g/mol. The molecule has 0 spiro atoms. The molecule has 1 saturated heterocycles. The van der Waals surface area contributed by atoms with E-state index >= 15 is 0 Å². The number of hydrogen-bond acceptors (Lipinski definition) is 7. The molecule has 1 aliphatic rings. The van der Waals surface area contributed by atoms with E-state index in [1.165, 1.54) is 4.90 Å². The second-order valence-electron chi connectivity index (χ2n) is 8.55. The van der Waals surface area contributed by atoms with E-state index in [9.17, 15) is 29.1 Å². The van der Waals surface area contributed by atoms with Crippen molar-refractivity contribution in [3.63, 3.8) is 0 Å². The molecule has 0 aromatic heterocycles. The number of carbonyl (C=O) groups is 5. The zero-order valence-electron chi connectivity index (χ0n) is 19.5. The van der Waals surface area contributed by atoms with Crippen LogP contribution in [0.3, 0.4) is 0 Å². The molecule has 34 heavy (non-hydrogen) atoms. The number of amides is 4. The summed E-state index contributed by atoms with van der Waals surface area (Å²) in [4.78, 5) is 66.1. The highest BCUT2D eigenvalue weighted by atomic mass is 16.4. The first-order valence-electron chi connectivity index (χ1n) is 11.1. The lowest BCUT2D eigenvalue weighted by atomic mass is 10.0. The standard InChI is InChI=1S/C20H36N8O6/c1-10(2)15(27-16(30)11(21)9-14(22)29)18(32)28-8-4-6-13(28)17(31)26-12(19(33)34)5-3-7-25-20(23)24/h10-13,15H,3-9,21H2,1-2H3,(H2,22,29)(H,26,31)(H,27,30)(H,33,34)(H4,23,24,25). The number of guanidine groups is 1. The van der Waals surface area contributed by atoms with Crippen LogP contribution in [0.4, 0.5) is 0 Å². The molecule has 1 rings (SSSR count). The van der Waals surface area contributed by atoms with Crippen LogP contribution in [-0.4, -0.2) is 82.8 Å². The van der Waals surface area contributed by atoms with Gasteiger partial charge in [0.05, 0.1) is 12.5 Å². The molecule has 14 nitrogen and oxygen atoms in total. The smallest absolute Gasteiger partial charge is 0.326 e. The summed E-state index contributed by atoms with van der Waals surface area (Å²) >= 11 is 0. The molecule has 0 aromatic rings. The number of primary amides is 1. The van der Waals surface area contributed by atoms with Gasteiger partial charge in [0.25, 0.3) is 0 Å². The molecular formula is C20H36N8O6. The molecule has 14 heteroatoms. The fraction of sp³-hybridized carbons (Fsp3) is 0.700. The van der Waals surface area contributed by atoms with Crippen molar-refractivity contribution in [1.29, 1.82) is 0 Å². The zero-order valence-corrected chi connectivity index (χ0v) is 19.5. The monoisotopic (exact) mass is 484 g/mol. The summed E-state index contributed by atoms with van der Waals surface area (Å²) in [6.45, 7) is 3.91. The Morgan fingerprint density at radius 1 is 1.12 bits per heavy atom. The maximum Gasteiger partial charge on any atom is 0.326 e. The van der Waals surface area contributed by atoms with Crippen molar-refractivity contribution in [2.45, 2.75) is 70.1 Å². The van der Waals surface area contributed by atoms with Crippen LogP contribution in [-0.2, 0) is 24.0 Å². The molecule has 11 N–H and O–H groups in total. The zero-order chi connectivity index (χ0) is 26.0. The summed E-state index contributed by atoms with van der Waals surface area (Å²) in [6.07, 6.45) is 0.930. The van der Waals surface area contributed by atoms with Crippen LogP contribution in [0, 0.1) is 5.92 Å². The number of carboxylic acids is 1. The van der Waals surface area contributed by atoms with E-state index in [2.05, 4.69) is 15.6 Å². The fourth-order valence-corrected chi connectivity index (χ4v) is 3.59. The van der Waals surface area contributed by atoms with Gasteiger partial charge in [0.1, 0.15) is 18.1 Å². The summed E-state index contributed by atoms with van der Waals surface area (Å²) < 4.78 is 0. The molecule has 1 aliphatic heterocycles. The first-order valence-corrected chi connectivity index (χ1v) is 11.1. The minimum absolute atomic E-state index is 0.0982. The van der Waals surface area contributed by atoms with Crippen molar-refractivity contribution in [2.24, 2.45) is 33.8 Å². The minimum Gasteiger partial charge on any atom is -0.480 e. The number of carbonyl (C=O) groups excluding carboxylic acids is 4. The van der Waals surface area contributed by atoms with E-state index in [1.807, 2.05) is 0 Å². The number of nitrogens with two attached hydrogens (primary N) is 4. The second kappa shape index (κ2) is 13.3. The summed E-state index contributed by atoms with van der Waals surface area (Å²) in [5, 5.41) is 14.5. The van der Waals surface area contributed by atoms with Crippen LogP contribution in [0.5, 0.6) is 0 Å². The van der Waals surface area contributed by atoms with Crippen LogP contribution in [0.2, 0.25) is 0 Å². The predicted molar refractivity (Wildman–Crippen MR) is 123 cm³/mol. The van der Waals surface area contributed by atoms with Crippen molar-refractivity contribution >= 4 is 35.6 Å². The Morgan fingerprint density at radius 2 is 1.76 bits per heavy atom. The van der Waals surface area contributed by atoms with E-state index in [1.54, 1.807) is 13.8 Å². The van der Waals surface area contributed by atoms with Crippen molar-refractivity contribution in [2.75, 3.05) is 13.1 Å². The third-order valence-electron chi connectivity index (χ3n) is 5.39. The lowest BCUT2D eigenvalue weighted by molar-refractivity contribution is -0.145. The Kier molecular flexibility index (Phi) is 11.2. The first kappa shape index (κ1) is 28.6. The minimum atomic E-state index is -1.22. The average Bonchev–Trinajstić information content (AvgIpc) is 3.22. The van der Waals surface area contributed by atoms with Gasteiger partial charge in [0, 0.05) is 13.1 Å². The van der Waals surface area contributed by atoms with Crippen LogP contribution in [0.1, 0.15) is 46.0 Å². The molecule has 4 atom stereocenters. The Labute approximate surface area is 197 Å². The number of nitrogens with one attached hydrogen (secondary N) is 2. The van der Waals surface area contributed by atoms with E-state index in [0.29, 0.717) is 19.3 Å². The number of nitrogens with zero attached hydrogens (tertiary/aromatic N) is 2. The highest BCUT2D eigenvalue weighted by Gasteiger charge is 2.40. The molecule has 0 aliphatic carbocycles. The highest BCUT2D eigenvalue weighted by molar-refractivity contribution is 5.95. The van der Waals surface area contributed by atoms with E-state index in [0.717, 1.165) is 0 Å². The average molecular weight is 485 g/mol. The molecule has 0 radical (unpaired) electrons. The van der Waals surface area contributed by atoms with Crippen molar-refractivity contribution in [1.82, 2.24) is 15.5 Å². The number of rotatable bonds is 13. The lowest BCUT2D eigenvalue weighted by Gasteiger charge is -2.31. The van der Waals surface area contributed by atoms with Crippen molar-refractivity contribution < 1.29 is 29.1 Å². The van der Waals surface area contributed by atoms with Crippen molar-refractivity contribution in [3.8, 4) is 0 Å². The number of aliphatic carboxylic acids is 1. The second-order valence-corrected chi connectivity index (χ2v) is 8.55. The van der Waals surface area contributed by atoms with E-state index < -0.39 is 53.8 Å². The predicted octanol–water partition coefficient (Wildman–Crippen LogP) is -3.06. The van der Waals surface area contributed by atoms with Gasteiger partial charge in [-0.05, 0) is 31.6 Å². The topological polar surface area (TPSA) is 249 Å². The van der Waals surface area contributed by atoms with Gasteiger partial charge >= 0.3 is 5.97 Å². The molecule has 0 saturated carbocycles. The van der Waals surface area contributed by atoms with E-state index in [4.69, 9.17) is 22.9 Å². The summed E-state index contributed by atoms with van der Waals surface area (Å²) in [5.74, 6) is -4.23. The van der Waals surface area contributed by atoms with Crippen LogP contribution < -0.4 is 33.6 Å². The van der Waals surface area contributed by atoms with Gasteiger partial charge in [-0.25, -0.2) is 4.79 Å². The van der Waals surface area contributed by atoms with Crippen LogP contribution in [0.25, 0.3) is 0 Å². The molecule has 1 fully saturated rings. The van der Waals surface area contributed by atoms with Gasteiger partial charge in [-0.3, -0.25) is 24.2 Å². The van der Waals surface area contributed by atoms with Crippen LogP contribution in [0.15, 0.2) is 4.99 Å². The molecule has 192 valence electrons. The van der Waals surface area contributed by atoms with Gasteiger partial charge in [0.2, 0.25) is 23.6 Å². The Morgan fingerprint density at radius 3 is 2.29 bits per heavy atom. The summed E-state index contributed by atoms with van der Waals surface area (Å²) in [7, 11) is 0. The van der Waals surface area contributed by atoms with Gasteiger partial charge in [-0.2, -0.15) is 0 Å². The lowest BCUT2D eigenvalue weighted by Crippen LogP contribution is -2.58. The van der Waals surface area contributed by atoms with E-state index in [-0.39, 0.29) is 37.8 Å². The Balaban J connectivity index is 2.86. The molecule has 1 heterocycles. The number of hydrogen-bond donors (Lipinski definition) is 7. The van der Waals surface area contributed by atoms with Crippen LogP contribution >= 0.6 is 0 Å². The summed E-state index contributed by atoms with van der Waals surface area (Å²) in [6, 6.07) is -4.26. The van der Waals surface area contributed by atoms with Gasteiger partial charge in [-0.15, -0.1) is 0 Å². The summed E-state index contributed by atoms with van der Waals surface area (Å²) in [5.41, 5.74) is 21.2. The molecule has 0 aromatic carbocycles. The Bertz CT molecular complexity index is 798. The molecule has 4 amide bonds. The van der Waals surface area contributed by atoms with Gasteiger partial charge in [-0.1, -0.05) is 13.8 Å². The fourth-order valence-electron chi connectivity index (χ4n) is 3.59. The quantitative estimate of drug-likeness (QED) is 0.0795. The maximum absolute atomic E-state index is 13.2. The SMILES string of the molecule is CC(C)C(NC(=O)C(N)CC(N)=O)C(=O)N1CCCC1C(=O)NC(CCCN=C(N)N)C(=O)O. The largest absolute Gasteiger partial charge is 0.480 e. The van der Waals surface area contributed by atoms with Crippen molar-refractivity contribution in [3.05, 3.63) is 0 Å². The third kappa shape index (κ3) is 8.84. The highest BCUT2D eigenvalue weighted by Crippen LogP contribution is 2.21. The molecule has 4 unspecified atom stereocenters. The molecule has 0 bridgehead atoms. The Hall–Kier alpha value is -3.42. The van der Waals surface area contributed by atoms with Gasteiger partial charge in [0.15, 0.2) is 5.96 Å². The number of carboxylic acid groups (broad SMARTS) is 1. The maximum atomic E-state index is 13.2.